The molecule has 0 aliphatic rings. The monoisotopic (exact) mass is 373 g/mol. The number of aromatic nitrogens is 4. The molecule has 0 unspecified atom stereocenters. The normalized spacial score (nSPS) is 10.8. The van der Waals surface area contributed by atoms with Gasteiger partial charge in [0.15, 0.2) is 11.5 Å². The predicted molar refractivity (Wildman–Crippen MR) is 96.8 cm³/mol. The van der Waals surface area contributed by atoms with Gasteiger partial charge in [0.25, 0.3) is 5.56 Å². The second kappa shape index (κ2) is 6.70. The fourth-order valence-electron chi connectivity index (χ4n) is 2.39. The van der Waals surface area contributed by atoms with Gasteiger partial charge in [-0.1, -0.05) is 35.5 Å². The van der Waals surface area contributed by atoms with Gasteiger partial charge in [-0.3, -0.25) is 13.9 Å². The highest BCUT2D eigenvalue weighted by atomic mass is 35.5. The third kappa shape index (κ3) is 3.04. The van der Waals surface area contributed by atoms with E-state index in [2.05, 4.69) is 9.97 Å². The van der Waals surface area contributed by atoms with Gasteiger partial charge >= 0.3 is 5.69 Å². The van der Waals surface area contributed by atoms with E-state index in [0.717, 1.165) is 16.3 Å². The maximum Gasteiger partial charge on any atom is 0.332 e. The number of rotatable bonds is 3. The lowest BCUT2D eigenvalue weighted by molar-refractivity contribution is 0.703. The molecule has 2 aromatic heterocycles. The maximum absolute atomic E-state index is 12.5. The number of hydrogen-bond donors (Lipinski definition) is 0. The maximum atomic E-state index is 12.5. The Bertz CT molecular complexity index is 1150. The summed E-state index contributed by atoms with van der Waals surface area (Å²) in [6.07, 6.45) is 0. The summed E-state index contributed by atoms with van der Waals surface area (Å²) >= 11 is 7.15. The average molecular weight is 374 g/mol. The number of benzene rings is 1. The molecule has 0 bridgehead atoms. The predicted octanol–water partition coefficient (Wildman–Crippen LogP) is 1.96. The molecule has 3 rings (SSSR count). The Labute approximate surface area is 151 Å². The highest BCUT2D eigenvalue weighted by Gasteiger charge is 2.18. The summed E-state index contributed by atoms with van der Waals surface area (Å²) in [6, 6.07) is 8.98. The molecule has 7 nitrogen and oxygen atoms in total. The highest BCUT2D eigenvalue weighted by molar-refractivity contribution is 7.99. The van der Waals surface area contributed by atoms with Crippen molar-refractivity contribution in [3.63, 3.8) is 0 Å². The van der Waals surface area contributed by atoms with Crippen LogP contribution in [-0.4, -0.2) is 24.9 Å². The first kappa shape index (κ1) is 17.2. The van der Waals surface area contributed by atoms with Crippen molar-refractivity contribution in [1.82, 2.24) is 19.1 Å². The van der Waals surface area contributed by atoms with Crippen molar-refractivity contribution in [2.75, 3.05) is 5.75 Å². The van der Waals surface area contributed by atoms with E-state index in [1.165, 1.54) is 18.7 Å². The van der Waals surface area contributed by atoms with Crippen LogP contribution in [0.5, 0.6) is 0 Å². The standard InChI is InChI=1S/C16H12ClN5O2S/c1-21-13-11(15(23)22(2)16(21)24)14(25-7-6-18)20-12(19-13)9-4-3-5-10(17)8-9/h3-5,8H,7H2,1-2H3. The zero-order valence-corrected chi connectivity index (χ0v) is 14.9. The van der Waals surface area contributed by atoms with Crippen LogP contribution in [-0.2, 0) is 14.1 Å². The molecular formula is C16H12ClN5O2S. The number of nitriles is 1. The van der Waals surface area contributed by atoms with Crippen LogP contribution < -0.4 is 11.2 Å². The fraction of sp³-hybridized carbons (Fsp3) is 0.188. The summed E-state index contributed by atoms with van der Waals surface area (Å²) in [6.45, 7) is 0. The zero-order valence-electron chi connectivity index (χ0n) is 13.4. The molecule has 0 radical (unpaired) electrons. The van der Waals surface area contributed by atoms with Crippen LogP contribution in [0.1, 0.15) is 0 Å². The molecule has 0 aliphatic heterocycles. The molecule has 0 atom stereocenters. The molecule has 0 aliphatic carbocycles. The lowest BCUT2D eigenvalue weighted by Crippen LogP contribution is -2.37. The molecule has 25 heavy (non-hydrogen) atoms. The van der Waals surface area contributed by atoms with Crippen LogP contribution in [0, 0.1) is 11.3 Å². The minimum absolute atomic E-state index is 0.118. The van der Waals surface area contributed by atoms with E-state index in [1.54, 1.807) is 24.3 Å². The largest absolute Gasteiger partial charge is 0.332 e. The van der Waals surface area contributed by atoms with E-state index in [4.69, 9.17) is 16.9 Å². The van der Waals surface area contributed by atoms with Gasteiger partial charge in [-0.2, -0.15) is 5.26 Å². The van der Waals surface area contributed by atoms with Crippen molar-refractivity contribution in [3.8, 4) is 17.5 Å². The van der Waals surface area contributed by atoms with Crippen LogP contribution in [0.25, 0.3) is 22.4 Å². The number of halogens is 1. The second-order valence-electron chi connectivity index (χ2n) is 5.21. The van der Waals surface area contributed by atoms with Crippen molar-refractivity contribution in [3.05, 3.63) is 50.1 Å². The lowest BCUT2D eigenvalue weighted by atomic mass is 10.2. The second-order valence-corrected chi connectivity index (χ2v) is 6.61. The van der Waals surface area contributed by atoms with Gasteiger partial charge in [0.2, 0.25) is 0 Å². The Hall–Kier alpha value is -2.63. The summed E-state index contributed by atoms with van der Waals surface area (Å²) in [5.74, 6) is 0.450. The number of aryl methyl sites for hydroxylation is 1. The number of hydrogen-bond acceptors (Lipinski definition) is 6. The van der Waals surface area contributed by atoms with Gasteiger partial charge in [-0.05, 0) is 12.1 Å². The Morgan fingerprint density at radius 1 is 1.24 bits per heavy atom. The van der Waals surface area contributed by atoms with Gasteiger partial charge in [0.1, 0.15) is 10.4 Å². The topological polar surface area (TPSA) is 93.6 Å². The highest BCUT2D eigenvalue weighted by Crippen LogP contribution is 2.26. The van der Waals surface area contributed by atoms with Crippen LogP contribution in [0.2, 0.25) is 5.02 Å². The van der Waals surface area contributed by atoms with Gasteiger partial charge in [-0.25, -0.2) is 14.8 Å². The third-order valence-electron chi connectivity index (χ3n) is 3.62. The number of thioether (sulfide) groups is 1. The van der Waals surface area contributed by atoms with Crippen molar-refractivity contribution in [1.29, 1.82) is 5.26 Å². The van der Waals surface area contributed by atoms with Gasteiger partial charge < -0.3 is 0 Å². The Morgan fingerprint density at radius 2 is 2.00 bits per heavy atom. The van der Waals surface area contributed by atoms with E-state index in [9.17, 15) is 9.59 Å². The van der Waals surface area contributed by atoms with Gasteiger partial charge in [0.05, 0.1) is 11.8 Å². The van der Waals surface area contributed by atoms with Crippen molar-refractivity contribution in [2.24, 2.45) is 14.1 Å². The molecule has 0 saturated heterocycles. The van der Waals surface area contributed by atoms with E-state index >= 15 is 0 Å². The van der Waals surface area contributed by atoms with E-state index < -0.39 is 11.2 Å². The molecule has 0 fully saturated rings. The molecular weight excluding hydrogens is 362 g/mol. The molecule has 126 valence electrons. The minimum atomic E-state index is -0.490. The van der Waals surface area contributed by atoms with Crippen LogP contribution in [0.3, 0.4) is 0 Å². The van der Waals surface area contributed by atoms with Crippen molar-refractivity contribution >= 4 is 34.4 Å². The Balaban J connectivity index is 2.41. The lowest BCUT2D eigenvalue weighted by Gasteiger charge is -2.11. The van der Waals surface area contributed by atoms with Crippen molar-refractivity contribution < 1.29 is 0 Å². The SMILES string of the molecule is Cn1c(=O)c2c(SCC#N)nc(-c3cccc(Cl)c3)nc2n(C)c1=O. The van der Waals surface area contributed by atoms with E-state index in [0.29, 0.717) is 21.4 Å². The molecule has 1 aromatic carbocycles. The number of nitrogens with zero attached hydrogens (tertiary/aromatic N) is 5. The molecule has 0 N–H and O–H groups in total. The van der Waals surface area contributed by atoms with Crippen LogP contribution in [0.4, 0.5) is 0 Å². The van der Waals surface area contributed by atoms with E-state index in [1.807, 2.05) is 6.07 Å². The smallest absolute Gasteiger partial charge is 0.280 e. The molecule has 9 heteroatoms. The molecule has 0 amide bonds. The summed E-state index contributed by atoms with van der Waals surface area (Å²) < 4.78 is 2.30. The molecule has 2 heterocycles. The zero-order chi connectivity index (χ0) is 18.1. The summed E-state index contributed by atoms with van der Waals surface area (Å²) in [5.41, 5.74) is -0.0967. The fourth-order valence-corrected chi connectivity index (χ4v) is 3.26. The summed E-state index contributed by atoms with van der Waals surface area (Å²) in [7, 11) is 2.94. The van der Waals surface area contributed by atoms with E-state index in [-0.39, 0.29) is 16.8 Å². The van der Waals surface area contributed by atoms with Crippen LogP contribution in [0.15, 0.2) is 38.9 Å². The summed E-state index contributed by atoms with van der Waals surface area (Å²) in [5, 5.41) is 9.97. The van der Waals surface area contributed by atoms with Gasteiger partial charge in [0, 0.05) is 24.7 Å². The Kier molecular flexibility index (Phi) is 4.61. The number of fused-ring (bicyclic) bond motifs is 1. The molecule has 0 spiro atoms. The molecule has 0 saturated carbocycles. The first-order valence-corrected chi connectivity index (χ1v) is 8.54. The first-order valence-electron chi connectivity index (χ1n) is 7.17. The average Bonchev–Trinajstić information content (AvgIpc) is 2.62. The molecule has 3 aromatic rings. The van der Waals surface area contributed by atoms with Crippen LogP contribution >= 0.6 is 23.4 Å². The Morgan fingerprint density at radius 3 is 2.68 bits per heavy atom. The van der Waals surface area contributed by atoms with Crippen molar-refractivity contribution in [2.45, 2.75) is 5.03 Å². The minimum Gasteiger partial charge on any atom is -0.280 e. The quantitative estimate of drug-likeness (QED) is 0.514. The first-order chi connectivity index (χ1) is 11.9. The van der Waals surface area contributed by atoms with Gasteiger partial charge in [-0.15, -0.1) is 0 Å². The summed E-state index contributed by atoms with van der Waals surface area (Å²) in [4.78, 5) is 33.6. The third-order valence-corrected chi connectivity index (χ3v) is 4.70.